The molecule has 0 radical (unpaired) electrons. The van der Waals surface area contributed by atoms with Gasteiger partial charge >= 0.3 is 0 Å². The standard InChI is InChI=1S/C9H16N4O2/c1-7(2)10-9(15)3-4-13-5-8(6-14)11-12-13/h5,7,14H,3-4,6H2,1-2H3,(H,10,15). The fourth-order valence-electron chi connectivity index (χ4n) is 1.13. The van der Waals surface area contributed by atoms with Crippen molar-refractivity contribution in [1.29, 1.82) is 0 Å². The van der Waals surface area contributed by atoms with Gasteiger partial charge in [-0.05, 0) is 13.8 Å². The van der Waals surface area contributed by atoms with Gasteiger partial charge in [-0.15, -0.1) is 5.10 Å². The Hall–Kier alpha value is -1.43. The van der Waals surface area contributed by atoms with Crippen LogP contribution in [-0.2, 0) is 17.9 Å². The molecule has 0 fully saturated rings. The van der Waals surface area contributed by atoms with Crippen LogP contribution in [0.1, 0.15) is 26.0 Å². The van der Waals surface area contributed by atoms with Crippen molar-refractivity contribution < 1.29 is 9.90 Å². The molecule has 0 bridgehead atoms. The predicted molar refractivity (Wildman–Crippen MR) is 53.8 cm³/mol. The van der Waals surface area contributed by atoms with Gasteiger partial charge in [0.15, 0.2) is 0 Å². The van der Waals surface area contributed by atoms with Crippen LogP contribution in [0.2, 0.25) is 0 Å². The first-order chi connectivity index (χ1) is 7.11. The maximum Gasteiger partial charge on any atom is 0.222 e. The molecule has 0 atom stereocenters. The summed E-state index contributed by atoms with van der Waals surface area (Å²) in [5.74, 6) is -0.00829. The molecule has 2 N–H and O–H groups in total. The van der Waals surface area contributed by atoms with Crippen molar-refractivity contribution in [3.8, 4) is 0 Å². The van der Waals surface area contributed by atoms with E-state index in [9.17, 15) is 4.79 Å². The van der Waals surface area contributed by atoms with E-state index >= 15 is 0 Å². The summed E-state index contributed by atoms with van der Waals surface area (Å²) >= 11 is 0. The number of hydrogen-bond acceptors (Lipinski definition) is 4. The van der Waals surface area contributed by atoms with Gasteiger partial charge in [-0.25, -0.2) is 0 Å². The first-order valence-electron chi connectivity index (χ1n) is 4.91. The lowest BCUT2D eigenvalue weighted by Crippen LogP contribution is -2.30. The number of carbonyl (C=O) groups excluding carboxylic acids is 1. The van der Waals surface area contributed by atoms with E-state index < -0.39 is 0 Å². The van der Waals surface area contributed by atoms with Crippen molar-refractivity contribution in [2.24, 2.45) is 0 Å². The molecular formula is C9H16N4O2. The molecule has 0 aromatic carbocycles. The molecule has 0 spiro atoms. The first kappa shape index (κ1) is 11.6. The van der Waals surface area contributed by atoms with Gasteiger partial charge in [0.05, 0.1) is 19.3 Å². The molecule has 1 amide bonds. The molecule has 0 saturated heterocycles. The molecule has 0 aliphatic heterocycles. The minimum absolute atomic E-state index is 0.00829. The summed E-state index contributed by atoms with van der Waals surface area (Å²) in [5, 5.41) is 19.0. The first-order valence-corrected chi connectivity index (χ1v) is 4.91. The van der Waals surface area contributed by atoms with Crippen LogP contribution in [0.4, 0.5) is 0 Å². The number of hydrogen-bond donors (Lipinski definition) is 2. The van der Waals surface area contributed by atoms with Crippen LogP contribution < -0.4 is 5.32 Å². The fourth-order valence-corrected chi connectivity index (χ4v) is 1.13. The molecule has 1 aromatic heterocycles. The number of aliphatic hydroxyl groups is 1. The van der Waals surface area contributed by atoms with Gasteiger partial charge in [0.25, 0.3) is 0 Å². The van der Waals surface area contributed by atoms with E-state index in [0.29, 0.717) is 18.7 Å². The number of rotatable bonds is 5. The number of nitrogens with zero attached hydrogens (tertiary/aromatic N) is 3. The van der Waals surface area contributed by atoms with Gasteiger partial charge in [0, 0.05) is 12.5 Å². The molecule has 6 nitrogen and oxygen atoms in total. The molecular weight excluding hydrogens is 196 g/mol. The zero-order valence-corrected chi connectivity index (χ0v) is 8.97. The average molecular weight is 212 g/mol. The summed E-state index contributed by atoms with van der Waals surface area (Å²) in [6.07, 6.45) is 2.00. The van der Waals surface area contributed by atoms with Gasteiger partial charge < -0.3 is 10.4 Å². The Labute approximate surface area is 88.3 Å². The van der Waals surface area contributed by atoms with Gasteiger partial charge in [0.2, 0.25) is 5.91 Å². The van der Waals surface area contributed by atoms with Crippen LogP contribution in [0.5, 0.6) is 0 Å². The van der Waals surface area contributed by atoms with Crippen LogP contribution in [0.25, 0.3) is 0 Å². The lowest BCUT2D eigenvalue weighted by molar-refractivity contribution is -0.121. The Balaban J connectivity index is 2.33. The highest BCUT2D eigenvalue weighted by molar-refractivity contribution is 5.75. The molecule has 0 aliphatic carbocycles. The lowest BCUT2D eigenvalue weighted by Gasteiger charge is -2.07. The molecule has 15 heavy (non-hydrogen) atoms. The van der Waals surface area contributed by atoms with Gasteiger partial charge in [-0.1, -0.05) is 5.21 Å². The number of aliphatic hydroxyl groups excluding tert-OH is 1. The Kier molecular flexibility index (Phi) is 4.23. The predicted octanol–water partition coefficient (Wildman–Crippen LogP) is -0.315. The summed E-state index contributed by atoms with van der Waals surface area (Å²) in [6.45, 7) is 4.18. The molecule has 6 heteroatoms. The third-order valence-electron chi connectivity index (χ3n) is 1.77. The number of aromatic nitrogens is 3. The van der Waals surface area contributed by atoms with E-state index in [2.05, 4.69) is 15.6 Å². The van der Waals surface area contributed by atoms with Crippen molar-refractivity contribution in [3.05, 3.63) is 11.9 Å². The smallest absolute Gasteiger partial charge is 0.222 e. The molecule has 0 saturated carbocycles. The summed E-state index contributed by atoms with van der Waals surface area (Å²) < 4.78 is 1.55. The molecule has 1 aromatic rings. The van der Waals surface area contributed by atoms with Gasteiger partial charge in [-0.3, -0.25) is 9.48 Å². The Morgan fingerprint density at radius 3 is 2.93 bits per heavy atom. The molecule has 0 unspecified atom stereocenters. The van der Waals surface area contributed by atoms with Crippen LogP contribution >= 0.6 is 0 Å². The quantitative estimate of drug-likeness (QED) is 0.701. The molecule has 84 valence electrons. The van der Waals surface area contributed by atoms with Crippen LogP contribution in [0.3, 0.4) is 0 Å². The van der Waals surface area contributed by atoms with Crippen LogP contribution in [0.15, 0.2) is 6.20 Å². The van der Waals surface area contributed by atoms with E-state index in [1.54, 1.807) is 10.9 Å². The van der Waals surface area contributed by atoms with Crippen molar-refractivity contribution >= 4 is 5.91 Å². The summed E-state index contributed by atoms with van der Waals surface area (Å²) in [5.41, 5.74) is 0.513. The van der Waals surface area contributed by atoms with Crippen molar-refractivity contribution in [1.82, 2.24) is 20.3 Å². The zero-order valence-electron chi connectivity index (χ0n) is 8.97. The summed E-state index contributed by atoms with van der Waals surface area (Å²) in [6, 6.07) is 0.154. The van der Waals surface area contributed by atoms with E-state index in [4.69, 9.17) is 5.11 Å². The average Bonchev–Trinajstić information content (AvgIpc) is 2.61. The molecule has 0 aliphatic rings. The molecule has 1 heterocycles. The number of aryl methyl sites for hydroxylation is 1. The normalized spacial score (nSPS) is 10.7. The maximum atomic E-state index is 11.3. The topological polar surface area (TPSA) is 80.0 Å². The summed E-state index contributed by atoms with van der Waals surface area (Å²) in [7, 11) is 0. The SMILES string of the molecule is CC(C)NC(=O)CCn1cc(CO)nn1. The van der Waals surface area contributed by atoms with Crippen LogP contribution in [0, 0.1) is 0 Å². The third kappa shape index (κ3) is 4.07. The number of nitrogens with one attached hydrogen (secondary N) is 1. The van der Waals surface area contributed by atoms with E-state index in [-0.39, 0.29) is 18.6 Å². The highest BCUT2D eigenvalue weighted by Gasteiger charge is 2.04. The number of carbonyl (C=O) groups is 1. The minimum Gasteiger partial charge on any atom is -0.390 e. The largest absolute Gasteiger partial charge is 0.390 e. The van der Waals surface area contributed by atoms with E-state index in [1.807, 2.05) is 13.8 Å². The van der Waals surface area contributed by atoms with E-state index in [0.717, 1.165) is 0 Å². The third-order valence-corrected chi connectivity index (χ3v) is 1.77. The van der Waals surface area contributed by atoms with Crippen molar-refractivity contribution in [2.45, 2.75) is 39.5 Å². The lowest BCUT2D eigenvalue weighted by atomic mass is 10.3. The Morgan fingerprint density at radius 1 is 1.67 bits per heavy atom. The maximum absolute atomic E-state index is 11.3. The number of amides is 1. The zero-order chi connectivity index (χ0) is 11.3. The van der Waals surface area contributed by atoms with Crippen molar-refractivity contribution in [2.75, 3.05) is 0 Å². The fraction of sp³-hybridized carbons (Fsp3) is 0.667. The Bertz CT molecular complexity index is 322. The Morgan fingerprint density at radius 2 is 2.40 bits per heavy atom. The second kappa shape index (κ2) is 5.45. The minimum atomic E-state index is -0.127. The van der Waals surface area contributed by atoms with Gasteiger partial charge in [0.1, 0.15) is 5.69 Å². The van der Waals surface area contributed by atoms with Crippen LogP contribution in [-0.4, -0.2) is 32.0 Å². The monoisotopic (exact) mass is 212 g/mol. The summed E-state index contributed by atoms with van der Waals surface area (Å²) in [4.78, 5) is 11.3. The highest BCUT2D eigenvalue weighted by atomic mass is 16.3. The second-order valence-electron chi connectivity index (χ2n) is 3.60. The van der Waals surface area contributed by atoms with E-state index in [1.165, 1.54) is 0 Å². The molecule has 1 rings (SSSR count). The highest BCUT2D eigenvalue weighted by Crippen LogP contribution is 1.94. The van der Waals surface area contributed by atoms with Gasteiger partial charge in [-0.2, -0.15) is 0 Å². The second-order valence-corrected chi connectivity index (χ2v) is 3.60. The van der Waals surface area contributed by atoms with Crippen molar-refractivity contribution in [3.63, 3.8) is 0 Å².